The Morgan fingerprint density at radius 1 is 1.17 bits per heavy atom. The summed E-state index contributed by atoms with van der Waals surface area (Å²) >= 11 is 6.28. The lowest BCUT2D eigenvalue weighted by atomic mass is 9.95. The highest BCUT2D eigenvalue weighted by Crippen LogP contribution is 2.29. The summed E-state index contributed by atoms with van der Waals surface area (Å²) in [4.78, 5) is 8.86. The van der Waals surface area contributed by atoms with Crippen molar-refractivity contribution in [2.24, 2.45) is 7.05 Å². The molecule has 0 amide bonds. The Bertz CT molecular complexity index is 1110. The van der Waals surface area contributed by atoms with Crippen LogP contribution in [0.2, 0.25) is 5.02 Å². The van der Waals surface area contributed by atoms with Crippen molar-refractivity contribution in [3.8, 4) is 0 Å². The quantitative estimate of drug-likeness (QED) is 0.619. The maximum atomic E-state index is 12.9. The number of rotatable bonds is 5. The minimum atomic E-state index is -3.59. The van der Waals surface area contributed by atoms with E-state index in [1.807, 2.05) is 42.5 Å². The van der Waals surface area contributed by atoms with Gasteiger partial charge in [-0.1, -0.05) is 35.9 Å². The number of imidazole rings is 1. The van der Waals surface area contributed by atoms with Gasteiger partial charge in [-0.3, -0.25) is 4.98 Å². The normalized spacial score (nSPS) is 18.1. The SMILES string of the molecule is Cn1cnc(S(=O)(=O)N2CCC[C@H](c3cccc(Cc4ccccc4Cl)n3)C2)c1. The van der Waals surface area contributed by atoms with Crippen LogP contribution < -0.4 is 0 Å². The molecule has 8 heteroatoms. The number of hydrogen-bond acceptors (Lipinski definition) is 4. The van der Waals surface area contributed by atoms with Crippen molar-refractivity contribution in [2.75, 3.05) is 13.1 Å². The first-order valence-corrected chi connectivity index (χ1v) is 11.4. The minimum absolute atomic E-state index is 0.0634. The maximum absolute atomic E-state index is 12.9. The topological polar surface area (TPSA) is 68.1 Å². The summed E-state index contributed by atoms with van der Waals surface area (Å²) in [5.41, 5.74) is 2.89. The van der Waals surface area contributed by atoms with Crippen molar-refractivity contribution < 1.29 is 8.42 Å². The van der Waals surface area contributed by atoms with E-state index in [2.05, 4.69) is 4.98 Å². The fourth-order valence-corrected chi connectivity index (χ4v) is 5.41. The Labute approximate surface area is 176 Å². The van der Waals surface area contributed by atoms with Gasteiger partial charge in [0.25, 0.3) is 10.0 Å². The molecule has 0 unspecified atom stereocenters. The summed E-state index contributed by atoms with van der Waals surface area (Å²) in [6.45, 7) is 0.927. The molecule has 0 bridgehead atoms. The molecule has 2 aromatic heterocycles. The average Bonchev–Trinajstić information content (AvgIpc) is 3.17. The van der Waals surface area contributed by atoms with Crippen LogP contribution in [0.5, 0.6) is 0 Å². The van der Waals surface area contributed by atoms with E-state index in [1.165, 1.54) is 10.6 Å². The van der Waals surface area contributed by atoms with Crippen LogP contribution in [0.4, 0.5) is 0 Å². The third kappa shape index (κ3) is 4.37. The molecule has 29 heavy (non-hydrogen) atoms. The first-order chi connectivity index (χ1) is 13.9. The number of piperidine rings is 1. The summed E-state index contributed by atoms with van der Waals surface area (Å²) < 4.78 is 29.1. The molecule has 3 heterocycles. The van der Waals surface area contributed by atoms with E-state index in [4.69, 9.17) is 16.6 Å². The third-order valence-corrected chi connectivity index (χ3v) is 7.37. The standard InChI is InChI=1S/C21H23ClN4O2S/c1-25-14-21(23-15-25)29(27,28)26-11-5-7-17(13-26)20-10-4-8-18(24-20)12-16-6-2-3-9-19(16)22/h2-4,6,8-10,14-15,17H,5,7,11-13H2,1H3/t17-/m0/s1. The molecule has 1 aliphatic heterocycles. The summed E-state index contributed by atoms with van der Waals surface area (Å²) in [6, 6.07) is 13.7. The highest BCUT2D eigenvalue weighted by Gasteiger charge is 2.32. The Morgan fingerprint density at radius 3 is 2.76 bits per heavy atom. The van der Waals surface area contributed by atoms with Gasteiger partial charge in [-0.25, -0.2) is 13.4 Å². The highest BCUT2D eigenvalue weighted by atomic mass is 35.5. The van der Waals surface area contributed by atoms with Gasteiger partial charge in [0.1, 0.15) is 0 Å². The number of hydrogen-bond donors (Lipinski definition) is 0. The van der Waals surface area contributed by atoms with Crippen LogP contribution in [0.3, 0.4) is 0 Å². The molecule has 3 aromatic rings. The van der Waals surface area contributed by atoms with Crippen molar-refractivity contribution in [1.29, 1.82) is 0 Å². The first-order valence-electron chi connectivity index (χ1n) is 9.61. The molecule has 1 saturated heterocycles. The molecule has 6 nitrogen and oxygen atoms in total. The van der Waals surface area contributed by atoms with E-state index in [9.17, 15) is 8.42 Å². The number of nitrogens with zero attached hydrogens (tertiary/aromatic N) is 4. The number of aromatic nitrogens is 3. The van der Waals surface area contributed by atoms with E-state index in [-0.39, 0.29) is 10.9 Å². The van der Waals surface area contributed by atoms with Crippen LogP contribution in [0.25, 0.3) is 0 Å². The lowest BCUT2D eigenvalue weighted by Crippen LogP contribution is -2.39. The van der Waals surface area contributed by atoms with Gasteiger partial charge in [0, 0.05) is 55.1 Å². The third-order valence-electron chi connectivity index (χ3n) is 5.25. The zero-order valence-corrected chi connectivity index (χ0v) is 17.8. The number of halogens is 1. The van der Waals surface area contributed by atoms with Crippen molar-refractivity contribution in [3.63, 3.8) is 0 Å². The first kappa shape index (κ1) is 20.1. The Balaban J connectivity index is 1.53. The van der Waals surface area contributed by atoms with E-state index in [0.717, 1.165) is 34.8 Å². The van der Waals surface area contributed by atoms with E-state index < -0.39 is 10.0 Å². The van der Waals surface area contributed by atoms with Crippen LogP contribution in [-0.2, 0) is 23.5 Å². The van der Waals surface area contributed by atoms with E-state index in [1.54, 1.807) is 17.8 Å². The number of sulfonamides is 1. The van der Waals surface area contributed by atoms with Crippen LogP contribution in [0.1, 0.15) is 35.7 Å². The number of pyridine rings is 1. The van der Waals surface area contributed by atoms with Gasteiger partial charge in [0.15, 0.2) is 5.03 Å². The molecule has 0 aliphatic carbocycles. The summed E-state index contributed by atoms with van der Waals surface area (Å²) in [5.74, 6) is 0.0634. The summed E-state index contributed by atoms with van der Waals surface area (Å²) in [5, 5.41) is 0.825. The lowest BCUT2D eigenvalue weighted by Gasteiger charge is -2.31. The van der Waals surface area contributed by atoms with Gasteiger partial charge >= 0.3 is 0 Å². The van der Waals surface area contributed by atoms with E-state index in [0.29, 0.717) is 19.5 Å². The molecule has 0 radical (unpaired) electrons. The Hall–Kier alpha value is -2.22. The molecule has 1 aromatic carbocycles. The predicted octanol–water partition coefficient (Wildman–Crippen LogP) is 3.63. The van der Waals surface area contributed by atoms with Gasteiger partial charge < -0.3 is 4.57 Å². The molecular formula is C21H23ClN4O2S. The average molecular weight is 431 g/mol. The molecule has 1 atom stereocenters. The molecule has 152 valence electrons. The maximum Gasteiger partial charge on any atom is 0.262 e. The van der Waals surface area contributed by atoms with Crippen LogP contribution in [-0.4, -0.2) is 40.3 Å². The Morgan fingerprint density at radius 2 is 2.00 bits per heavy atom. The highest BCUT2D eigenvalue weighted by molar-refractivity contribution is 7.89. The van der Waals surface area contributed by atoms with Crippen LogP contribution in [0, 0.1) is 0 Å². The Kier molecular flexibility index (Phi) is 5.72. The molecule has 0 saturated carbocycles. The smallest absolute Gasteiger partial charge is 0.262 e. The minimum Gasteiger partial charge on any atom is -0.339 e. The van der Waals surface area contributed by atoms with Gasteiger partial charge in [-0.05, 0) is 36.6 Å². The number of benzene rings is 1. The molecule has 0 N–H and O–H groups in total. The summed E-state index contributed by atoms with van der Waals surface area (Å²) in [6.07, 6.45) is 5.41. The zero-order chi connectivity index (χ0) is 20.4. The lowest BCUT2D eigenvalue weighted by molar-refractivity contribution is 0.311. The van der Waals surface area contributed by atoms with Gasteiger partial charge in [-0.15, -0.1) is 0 Å². The van der Waals surface area contributed by atoms with Gasteiger partial charge in [0.05, 0.1) is 6.33 Å². The molecule has 1 aliphatic rings. The molecule has 1 fully saturated rings. The molecule has 0 spiro atoms. The molecular weight excluding hydrogens is 408 g/mol. The van der Waals surface area contributed by atoms with Crippen molar-refractivity contribution in [2.45, 2.75) is 30.2 Å². The summed E-state index contributed by atoms with van der Waals surface area (Å²) in [7, 11) is -1.83. The van der Waals surface area contributed by atoms with Crippen LogP contribution in [0.15, 0.2) is 60.0 Å². The second-order valence-electron chi connectivity index (χ2n) is 7.40. The monoisotopic (exact) mass is 430 g/mol. The van der Waals surface area contributed by atoms with Gasteiger partial charge in [0.2, 0.25) is 0 Å². The van der Waals surface area contributed by atoms with Crippen LogP contribution >= 0.6 is 11.6 Å². The second-order valence-corrected chi connectivity index (χ2v) is 9.69. The second kappa shape index (κ2) is 8.26. The fourth-order valence-electron chi connectivity index (χ4n) is 3.72. The number of aryl methyl sites for hydroxylation is 1. The largest absolute Gasteiger partial charge is 0.339 e. The van der Waals surface area contributed by atoms with Crippen molar-refractivity contribution >= 4 is 21.6 Å². The van der Waals surface area contributed by atoms with Crippen molar-refractivity contribution in [1.82, 2.24) is 18.8 Å². The van der Waals surface area contributed by atoms with Gasteiger partial charge in [-0.2, -0.15) is 4.31 Å². The fraction of sp³-hybridized carbons (Fsp3) is 0.333. The van der Waals surface area contributed by atoms with Crippen molar-refractivity contribution in [3.05, 3.63) is 77.0 Å². The molecule has 4 rings (SSSR count). The van der Waals surface area contributed by atoms with E-state index >= 15 is 0 Å². The zero-order valence-electron chi connectivity index (χ0n) is 16.2. The predicted molar refractivity (Wildman–Crippen MR) is 112 cm³/mol.